The lowest BCUT2D eigenvalue weighted by Crippen LogP contribution is -2.55. The van der Waals surface area contributed by atoms with E-state index in [-0.39, 0.29) is 25.6 Å². The Balaban J connectivity index is 0.000000654. The van der Waals surface area contributed by atoms with Crippen molar-refractivity contribution in [2.75, 3.05) is 32.8 Å². The zero-order valence-corrected chi connectivity index (χ0v) is 28.5. The maximum Gasteiger partial charge on any atom is 0.490 e. The first-order valence-corrected chi connectivity index (χ1v) is 17.5. The van der Waals surface area contributed by atoms with Crippen LogP contribution in [0.4, 0.5) is 26.3 Å². The average Bonchev–Trinajstić information content (AvgIpc) is 3.37. The molecule has 2 aromatic heterocycles. The number of carboxylic acid groups (broad SMARTS) is 1. The number of nitrogens with one attached hydrogen (secondary N) is 1. The minimum absolute atomic E-state index is 0.0592. The highest BCUT2D eigenvalue weighted by atomic mass is 32.1. The Morgan fingerprint density at radius 1 is 1.04 bits per heavy atom. The number of halogens is 6. The second-order valence-electron chi connectivity index (χ2n) is 13.4. The number of nitrogens with zero attached hydrogens (tertiary/aromatic N) is 6. The van der Waals surface area contributed by atoms with Crippen LogP contribution in [0.3, 0.4) is 0 Å². The van der Waals surface area contributed by atoms with Gasteiger partial charge < -0.3 is 20.1 Å². The molecule has 2 aliphatic carbocycles. The van der Waals surface area contributed by atoms with Gasteiger partial charge in [0.05, 0.1) is 23.9 Å². The maximum atomic E-state index is 15.4. The highest BCUT2D eigenvalue weighted by Crippen LogP contribution is 2.62. The van der Waals surface area contributed by atoms with Crippen LogP contribution in [0.5, 0.6) is 0 Å². The van der Waals surface area contributed by atoms with Gasteiger partial charge in [0.25, 0.3) is 0 Å². The molecule has 6 rings (SSSR count). The van der Waals surface area contributed by atoms with E-state index in [9.17, 15) is 27.6 Å². The second kappa shape index (κ2) is 15.0. The molecule has 4 heterocycles. The number of aromatic nitrogens is 4. The van der Waals surface area contributed by atoms with Gasteiger partial charge in [0, 0.05) is 49.9 Å². The highest BCUT2D eigenvalue weighted by Gasteiger charge is 2.78. The molecule has 0 radical (unpaired) electrons. The summed E-state index contributed by atoms with van der Waals surface area (Å²) in [4.78, 5) is 61.0. The number of esters is 1. The van der Waals surface area contributed by atoms with E-state index in [1.807, 2.05) is 0 Å². The van der Waals surface area contributed by atoms with E-state index in [2.05, 4.69) is 15.4 Å². The molecule has 20 heteroatoms. The molecule has 2 saturated carbocycles. The van der Waals surface area contributed by atoms with Gasteiger partial charge in [-0.25, -0.2) is 14.8 Å². The van der Waals surface area contributed by atoms with E-state index in [1.54, 1.807) is 12.3 Å². The fourth-order valence-corrected chi connectivity index (χ4v) is 8.25. The standard InChI is InChI=1S/C29H38F3N7O4S.C2HF3O2/c1-2-43-26(42)27-13-37(22(40)10-11-39-18-33-17-34-39)15-28(27,29(30,31)32)16-38(14-27)23(21-12-44-25(36-21)19-8-9-19)24(41)35-20-6-4-3-5-7-20;3-2(4,5)1(6)7/h12,17-20,23H,2-11,13-16H2,1H3,(H,35,41);(H,6,7)/t23?,27-,28-;/m0./s1. The Labute approximate surface area is 292 Å². The Hall–Kier alpha value is -3.81. The summed E-state index contributed by atoms with van der Waals surface area (Å²) in [6.07, 6.45) is -0.658. The van der Waals surface area contributed by atoms with Gasteiger partial charge in [-0.1, -0.05) is 19.3 Å². The van der Waals surface area contributed by atoms with Crippen molar-refractivity contribution in [1.29, 1.82) is 0 Å². The summed E-state index contributed by atoms with van der Waals surface area (Å²) in [7, 11) is 0. The smallest absolute Gasteiger partial charge is 0.475 e. The summed E-state index contributed by atoms with van der Waals surface area (Å²) in [5.41, 5.74) is -4.33. The van der Waals surface area contributed by atoms with Gasteiger partial charge in [0.2, 0.25) is 11.8 Å². The molecule has 1 unspecified atom stereocenters. The first-order chi connectivity index (χ1) is 24.0. The number of ether oxygens (including phenoxy) is 1. The number of amides is 2. The Morgan fingerprint density at radius 3 is 2.29 bits per heavy atom. The fourth-order valence-electron chi connectivity index (χ4n) is 7.24. The number of thiazole rings is 1. The molecular formula is C31H39F6N7O6S. The van der Waals surface area contributed by atoms with Gasteiger partial charge in [0.1, 0.15) is 29.5 Å². The number of hydrogen-bond donors (Lipinski definition) is 2. The van der Waals surface area contributed by atoms with E-state index in [0.29, 0.717) is 11.6 Å². The number of fused-ring (bicyclic) bond motifs is 1. The molecule has 2 aliphatic heterocycles. The molecule has 2 aromatic rings. The molecule has 51 heavy (non-hydrogen) atoms. The minimum atomic E-state index is -5.08. The predicted molar refractivity (Wildman–Crippen MR) is 166 cm³/mol. The van der Waals surface area contributed by atoms with Crippen LogP contribution in [0.25, 0.3) is 0 Å². The van der Waals surface area contributed by atoms with Gasteiger partial charge in [-0.15, -0.1) is 11.3 Å². The second-order valence-corrected chi connectivity index (χ2v) is 14.3. The number of likely N-dealkylation sites (tertiary alicyclic amines) is 2. The average molecular weight is 752 g/mol. The van der Waals surface area contributed by atoms with Crippen LogP contribution < -0.4 is 5.32 Å². The number of alkyl halides is 6. The van der Waals surface area contributed by atoms with Crippen LogP contribution >= 0.6 is 11.3 Å². The Bertz CT molecular complexity index is 1560. The number of carbonyl (C=O) groups is 4. The van der Waals surface area contributed by atoms with Crippen LogP contribution in [-0.2, 0) is 30.5 Å². The van der Waals surface area contributed by atoms with Crippen LogP contribution in [0.1, 0.15) is 81.0 Å². The number of aliphatic carboxylic acids is 1. The molecule has 4 fully saturated rings. The molecule has 2 amide bonds. The summed E-state index contributed by atoms with van der Waals surface area (Å²) in [5, 5.41) is 16.8. The van der Waals surface area contributed by atoms with Gasteiger partial charge in [-0.2, -0.15) is 31.4 Å². The Morgan fingerprint density at radius 2 is 1.73 bits per heavy atom. The van der Waals surface area contributed by atoms with Crippen molar-refractivity contribution in [3.8, 4) is 0 Å². The molecule has 2 N–H and O–H groups in total. The van der Waals surface area contributed by atoms with Gasteiger partial charge in [0.15, 0.2) is 0 Å². The zero-order chi connectivity index (χ0) is 37.2. The molecule has 0 aromatic carbocycles. The molecule has 0 bridgehead atoms. The third-order valence-electron chi connectivity index (χ3n) is 9.92. The van der Waals surface area contributed by atoms with E-state index in [4.69, 9.17) is 19.6 Å². The first-order valence-electron chi connectivity index (χ1n) is 16.7. The van der Waals surface area contributed by atoms with E-state index in [0.717, 1.165) is 54.9 Å². The van der Waals surface area contributed by atoms with Crippen molar-refractivity contribution in [3.63, 3.8) is 0 Å². The van der Waals surface area contributed by atoms with Gasteiger partial charge in [-0.3, -0.25) is 24.0 Å². The number of hydrogen-bond acceptors (Lipinski definition) is 10. The highest BCUT2D eigenvalue weighted by molar-refractivity contribution is 7.09. The lowest BCUT2D eigenvalue weighted by atomic mass is 9.67. The first kappa shape index (κ1) is 38.4. The summed E-state index contributed by atoms with van der Waals surface area (Å²) in [6, 6.07) is -1.16. The normalized spacial score (nSPS) is 24.7. The van der Waals surface area contributed by atoms with Crippen molar-refractivity contribution in [2.24, 2.45) is 10.8 Å². The largest absolute Gasteiger partial charge is 0.490 e. The number of carbonyl (C=O) groups excluding carboxylic acids is 3. The molecule has 0 spiro atoms. The maximum absolute atomic E-state index is 15.4. The predicted octanol–water partition coefficient (Wildman–Crippen LogP) is 4.08. The van der Waals surface area contributed by atoms with Crippen LogP contribution in [0.15, 0.2) is 18.0 Å². The Kier molecular flexibility index (Phi) is 11.3. The molecule has 4 aliphatic rings. The monoisotopic (exact) mass is 751 g/mol. The van der Waals surface area contributed by atoms with Gasteiger partial charge >= 0.3 is 24.3 Å². The topological polar surface area (TPSA) is 160 Å². The lowest BCUT2D eigenvalue weighted by molar-refractivity contribution is -0.242. The molecule has 2 saturated heterocycles. The summed E-state index contributed by atoms with van der Waals surface area (Å²) in [5.74, 6) is -4.36. The van der Waals surface area contributed by atoms with Gasteiger partial charge in [-0.05, 0) is 32.6 Å². The molecule has 13 nitrogen and oxygen atoms in total. The van der Waals surface area contributed by atoms with Crippen LogP contribution in [0.2, 0.25) is 0 Å². The van der Waals surface area contributed by atoms with E-state index < -0.39 is 79.2 Å². The number of carboxylic acids is 1. The van der Waals surface area contributed by atoms with Crippen molar-refractivity contribution >= 4 is 35.1 Å². The van der Waals surface area contributed by atoms with Crippen molar-refractivity contribution < 1.29 is 55.4 Å². The third-order valence-corrected chi connectivity index (χ3v) is 10.9. The summed E-state index contributed by atoms with van der Waals surface area (Å²) < 4.78 is 84.7. The van der Waals surface area contributed by atoms with E-state index in [1.165, 1.54) is 33.6 Å². The molecule has 3 atom stereocenters. The SMILES string of the molecule is CCOC(=O)[C@@]12CN(C(=O)CCn3cncn3)C[C@]1(C(F)(F)F)CN(C(C(=O)NC1CCCCC1)c1csc(C3CC3)n1)C2.O=C(O)C(F)(F)F. The third kappa shape index (κ3) is 8.15. The van der Waals surface area contributed by atoms with Crippen molar-refractivity contribution in [2.45, 2.75) is 95.2 Å². The fraction of sp³-hybridized carbons (Fsp3) is 0.710. The molecule has 282 valence electrons. The quantitative estimate of drug-likeness (QED) is 0.268. The van der Waals surface area contributed by atoms with Crippen LogP contribution in [0, 0.1) is 10.8 Å². The molecular weight excluding hydrogens is 712 g/mol. The van der Waals surface area contributed by atoms with Crippen molar-refractivity contribution in [1.82, 2.24) is 34.9 Å². The lowest BCUT2D eigenvalue weighted by Gasteiger charge is -2.37. The minimum Gasteiger partial charge on any atom is -0.475 e. The number of rotatable bonds is 10. The zero-order valence-electron chi connectivity index (χ0n) is 27.7. The number of aryl methyl sites for hydroxylation is 1. The van der Waals surface area contributed by atoms with E-state index >= 15 is 13.2 Å². The summed E-state index contributed by atoms with van der Waals surface area (Å²) in [6.45, 7) is -0.622. The summed E-state index contributed by atoms with van der Waals surface area (Å²) >= 11 is 1.42. The van der Waals surface area contributed by atoms with Crippen LogP contribution in [-0.4, -0.2) is 110 Å². The van der Waals surface area contributed by atoms with Crippen molar-refractivity contribution in [3.05, 3.63) is 28.7 Å².